The summed E-state index contributed by atoms with van der Waals surface area (Å²) in [5, 5.41) is 21.4. The van der Waals surface area contributed by atoms with Crippen molar-refractivity contribution in [2.75, 3.05) is 23.4 Å². The molecular formula is C22H17N5O2S. The summed E-state index contributed by atoms with van der Waals surface area (Å²) >= 11 is 1.31. The first-order valence-electron chi connectivity index (χ1n) is 8.93. The number of hydrogen-bond donors (Lipinski definition) is 2. The van der Waals surface area contributed by atoms with Gasteiger partial charge in [-0.1, -0.05) is 18.2 Å². The van der Waals surface area contributed by atoms with E-state index < -0.39 is 5.91 Å². The maximum Gasteiger partial charge on any atom is 0.259 e. The third-order valence-corrected chi connectivity index (χ3v) is 4.94. The number of carbonyl (C=O) groups is 1. The van der Waals surface area contributed by atoms with Gasteiger partial charge in [0.2, 0.25) is 0 Å². The highest BCUT2D eigenvalue weighted by Crippen LogP contribution is 2.25. The molecule has 0 spiro atoms. The van der Waals surface area contributed by atoms with Crippen LogP contribution in [0.3, 0.4) is 0 Å². The standard InChI is InChI=1S/C22H17N5O2S/c23-13-15-6-8-18(9-7-15)29-10-11-30-22-16(14-24)12-19(20(25)27-22)21(28)26-17-4-2-1-3-5-17/h1-9,12H,10-11H2,(H2,25,27)(H,26,28). The number of benzene rings is 2. The number of para-hydroxylation sites is 1. The van der Waals surface area contributed by atoms with Gasteiger partial charge in [-0.05, 0) is 42.5 Å². The molecule has 148 valence electrons. The highest BCUT2D eigenvalue weighted by Gasteiger charge is 2.16. The van der Waals surface area contributed by atoms with E-state index in [0.717, 1.165) is 0 Å². The number of nitrogens with two attached hydrogens (primary N) is 1. The molecule has 0 fully saturated rings. The average Bonchev–Trinajstić information content (AvgIpc) is 2.77. The van der Waals surface area contributed by atoms with Gasteiger partial charge in [0.1, 0.15) is 22.7 Å². The largest absolute Gasteiger partial charge is 0.493 e. The Balaban J connectivity index is 1.62. The van der Waals surface area contributed by atoms with Crippen LogP contribution in [0, 0.1) is 22.7 Å². The normalized spacial score (nSPS) is 9.93. The van der Waals surface area contributed by atoms with E-state index in [1.54, 1.807) is 48.5 Å². The van der Waals surface area contributed by atoms with E-state index in [4.69, 9.17) is 15.7 Å². The van der Waals surface area contributed by atoms with E-state index in [2.05, 4.69) is 16.4 Å². The summed E-state index contributed by atoms with van der Waals surface area (Å²) < 4.78 is 5.62. The number of rotatable bonds is 7. The van der Waals surface area contributed by atoms with Crippen LogP contribution in [0.15, 0.2) is 65.7 Å². The summed E-state index contributed by atoms with van der Waals surface area (Å²) in [5.41, 5.74) is 7.57. The molecule has 0 saturated carbocycles. The summed E-state index contributed by atoms with van der Waals surface area (Å²) in [6.45, 7) is 0.374. The highest BCUT2D eigenvalue weighted by atomic mass is 32.2. The Bertz CT molecular complexity index is 1120. The molecule has 0 atom stereocenters. The summed E-state index contributed by atoms with van der Waals surface area (Å²) in [6, 6.07) is 21.3. The molecule has 0 aliphatic heterocycles. The zero-order valence-corrected chi connectivity index (χ0v) is 16.6. The fourth-order valence-corrected chi connectivity index (χ4v) is 3.31. The van der Waals surface area contributed by atoms with Crippen molar-refractivity contribution < 1.29 is 9.53 Å². The van der Waals surface area contributed by atoms with E-state index in [1.807, 2.05) is 12.1 Å². The van der Waals surface area contributed by atoms with Crippen molar-refractivity contribution in [2.24, 2.45) is 0 Å². The minimum Gasteiger partial charge on any atom is -0.493 e. The number of pyridine rings is 1. The van der Waals surface area contributed by atoms with Crippen molar-refractivity contribution in [3.05, 3.63) is 77.4 Å². The van der Waals surface area contributed by atoms with Crippen LogP contribution in [0.5, 0.6) is 5.75 Å². The van der Waals surface area contributed by atoms with Crippen LogP contribution >= 0.6 is 11.8 Å². The minimum absolute atomic E-state index is 0.0536. The van der Waals surface area contributed by atoms with Crippen molar-refractivity contribution in [1.29, 1.82) is 10.5 Å². The quantitative estimate of drug-likeness (QED) is 0.444. The molecule has 1 heterocycles. The number of nitrogens with one attached hydrogen (secondary N) is 1. The smallest absolute Gasteiger partial charge is 0.259 e. The van der Waals surface area contributed by atoms with Gasteiger partial charge in [0.05, 0.1) is 29.4 Å². The molecule has 3 aromatic rings. The van der Waals surface area contributed by atoms with Crippen LogP contribution in [0.1, 0.15) is 21.5 Å². The van der Waals surface area contributed by atoms with Gasteiger partial charge < -0.3 is 15.8 Å². The summed E-state index contributed by atoms with van der Waals surface area (Å²) in [6.07, 6.45) is 0. The molecule has 1 amide bonds. The molecule has 2 aromatic carbocycles. The molecule has 0 bridgehead atoms. The summed E-state index contributed by atoms with van der Waals surface area (Å²) in [4.78, 5) is 16.7. The molecule has 8 heteroatoms. The van der Waals surface area contributed by atoms with E-state index in [0.29, 0.717) is 34.4 Å². The van der Waals surface area contributed by atoms with E-state index in [-0.39, 0.29) is 16.9 Å². The molecule has 3 N–H and O–H groups in total. The molecule has 0 unspecified atom stereocenters. The van der Waals surface area contributed by atoms with Gasteiger partial charge in [-0.3, -0.25) is 4.79 Å². The number of anilines is 2. The lowest BCUT2D eigenvalue weighted by molar-refractivity contribution is 0.102. The van der Waals surface area contributed by atoms with E-state index >= 15 is 0 Å². The number of thioether (sulfide) groups is 1. The lowest BCUT2D eigenvalue weighted by atomic mass is 10.2. The molecule has 7 nitrogen and oxygen atoms in total. The summed E-state index contributed by atoms with van der Waals surface area (Å²) in [7, 11) is 0. The lowest BCUT2D eigenvalue weighted by Crippen LogP contribution is -2.16. The molecule has 0 aliphatic rings. The SMILES string of the molecule is N#Cc1ccc(OCCSc2nc(N)c(C(=O)Nc3ccccc3)cc2C#N)cc1. The van der Waals surface area contributed by atoms with Gasteiger partial charge in [-0.25, -0.2) is 4.98 Å². The number of aromatic nitrogens is 1. The summed E-state index contributed by atoms with van der Waals surface area (Å²) in [5.74, 6) is 0.799. The maximum atomic E-state index is 12.5. The lowest BCUT2D eigenvalue weighted by Gasteiger charge is -2.10. The van der Waals surface area contributed by atoms with E-state index in [9.17, 15) is 10.1 Å². The van der Waals surface area contributed by atoms with Crippen LogP contribution in [0.25, 0.3) is 0 Å². The third kappa shape index (κ3) is 5.28. The number of nitrogen functional groups attached to an aromatic ring is 1. The van der Waals surface area contributed by atoms with Crippen LogP contribution in [0.2, 0.25) is 0 Å². The first kappa shape index (κ1) is 20.7. The average molecular weight is 415 g/mol. The van der Waals surface area contributed by atoms with Crippen LogP contribution in [-0.2, 0) is 0 Å². The Kier molecular flexibility index (Phi) is 6.88. The number of nitrogens with zero attached hydrogens (tertiary/aromatic N) is 3. The molecule has 0 radical (unpaired) electrons. The number of carbonyl (C=O) groups excluding carboxylic acids is 1. The number of amides is 1. The number of nitriles is 2. The van der Waals surface area contributed by atoms with Crippen LogP contribution in [-0.4, -0.2) is 23.3 Å². The second kappa shape index (κ2) is 9.97. The molecule has 3 rings (SSSR count). The predicted molar refractivity (Wildman–Crippen MR) is 115 cm³/mol. The Hall–Kier alpha value is -4.01. The fourth-order valence-electron chi connectivity index (χ4n) is 2.53. The molecule has 1 aromatic heterocycles. The Morgan fingerprint density at radius 2 is 1.83 bits per heavy atom. The molecule has 30 heavy (non-hydrogen) atoms. The molecule has 0 saturated heterocycles. The monoisotopic (exact) mass is 415 g/mol. The zero-order valence-electron chi connectivity index (χ0n) is 15.8. The fraction of sp³-hybridized carbons (Fsp3) is 0.0909. The second-order valence-electron chi connectivity index (χ2n) is 6.04. The van der Waals surface area contributed by atoms with Gasteiger partial charge >= 0.3 is 0 Å². The Morgan fingerprint density at radius 1 is 1.10 bits per heavy atom. The first-order valence-corrected chi connectivity index (χ1v) is 9.92. The van der Waals surface area contributed by atoms with Gasteiger partial charge in [0.25, 0.3) is 5.91 Å². The Morgan fingerprint density at radius 3 is 2.50 bits per heavy atom. The van der Waals surface area contributed by atoms with Crippen molar-refractivity contribution in [3.8, 4) is 17.9 Å². The molecular weight excluding hydrogens is 398 g/mol. The van der Waals surface area contributed by atoms with Crippen molar-refractivity contribution >= 4 is 29.2 Å². The second-order valence-corrected chi connectivity index (χ2v) is 7.12. The van der Waals surface area contributed by atoms with Gasteiger partial charge in [-0.2, -0.15) is 10.5 Å². The van der Waals surface area contributed by atoms with Crippen LogP contribution in [0.4, 0.5) is 11.5 Å². The minimum atomic E-state index is -0.427. The van der Waals surface area contributed by atoms with Crippen LogP contribution < -0.4 is 15.8 Å². The van der Waals surface area contributed by atoms with Gasteiger partial charge in [-0.15, -0.1) is 11.8 Å². The first-order chi connectivity index (χ1) is 14.6. The predicted octanol–water partition coefficient (Wildman–Crippen LogP) is 3.83. The maximum absolute atomic E-state index is 12.5. The number of hydrogen-bond acceptors (Lipinski definition) is 7. The van der Waals surface area contributed by atoms with Crippen molar-refractivity contribution in [3.63, 3.8) is 0 Å². The molecule has 0 aliphatic carbocycles. The van der Waals surface area contributed by atoms with Gasteiger partial charge in [0, 0.05) is 11.4 Å². The topological polar surface area (TPSA) is 125 Å². The number of ether oxygens (including phenoxy) is 1. The van der Waals surface area contributed by atoms with Crippen molar-refractivity contribution in [1.82, 2.24) is 4.98 Å². The van der Waals surface area contributed by atoms with E-state index in [1.165, 1.54) is 17.8 Å². The van der Waals surface area contributed by atoms with Gasteiger partial charge in [0.15, 0.2) is 0 Å². The van der Waals surface area contributed by atoms with Crippen molar-refractivity contribution in [2.45, 2.75) is 5.03 Å². The zero-order chi connectivity index (χ0) is 21.3. The third-order valence-electron chi connectivity index (χ3n) is 3.99. The highest BCUT2D eigenvalue weighted by molar-refractivity contribution is 7.99. The Labute approximate surface area is 178 Å².